The molecule has 0 unspecified atom stereocenters. The monoisotopic (exact) mass is 482 g/mol. The van der Waals surface area contributed by atoms with E-state index in [2.05, 4.69) is 15.9 Å². The quantitative estimate of drug-likeness (QED) is 0.254. The Morgan fingerprint density at radius 1 is 0.897 bits per heavy atom. The van der Waals surface area contributed by atoms with Crippen LogP contribution in [0.5, 0.6) is 0 Å². The molecular weight excluding hydrogens is 456 g/mol. The second kappa shape index (κ2) is 12.8. The summed E-state index contributed by atoms with van der Waals surface area (Å²) >= 11 is 3.36. The second-order valence-electron chi connectivity index (χ2n) is 6.48. The van der Waals surface area contributed by atoms with E-state index in [1.54, 1.807) is 0 Å². The topological polar surface area (TPSA) is 124 Å². The van der Waals surface area contributed by atoms with Gasteiger partial charge in [-0.25, -0.2) is 0 Å². The van der Waals surface area contributed by atoms with Gasteiger partial charge in [0.2, 0.25) is 0 Å². The number of hydrogen-bond donors (Lipinski definition) is 0. The van der Waals surface area contributed by atoms with Gasteiger partial charge >= 0.3 is 23.9 Å². The highest BCUT2D eigenvalue weighted by molar-refractivity contribution is 9.09. The second-order valence-corrected chi connectivity index (χ2v) is 7.27. The normalized spacial score (nSPS) is 22.0. The lowest BCUT2D eigenvalue weighted by atomic mass is 10.0. The zero-order chi connectivity index (χ0) is 22.0. The summed E-state index contributed by atoms with van der Waals surface area (Å²) < 4.78 is 32.1. The van der Waals surface area contributed by atoms with Gasteiger partial charge in [0.25, 0.3) is 0 Å². The maximum atomic E-state index is 11.7. The fourth-order valence-electron chi connectivity index (χ4n) is 2.69. The van der Waals surface area contributed by atoms with Gasteiger partial charge in [0.05, 0.1) is 13.2 Å². The minimum absolute atomic E-state index is 0.140. The summed E-state index contributed by atoms with van der Waals surface area (Å²) in [6.07, 6.45) is -4.05. The number of alkyl halides is 1. The van der Waals surface area contributed by atoms with Crippen molar-refractivity contribution in [2.24, 2.45) is 5.92 Å². The molecule has 0 bridgehead atoms. The lowest BCUT2D eigenvalue weighted by molar-refractivity contribution is -0.271. The van der Waals surface area contributed by atoms with E-state index in [1.807, 2.05) is 0 Å². The molecular formula is C18H27BrO10. The molecule has 0 aromatic carbocycles. The Labute approximate surface area is 177 Å². The van der Waals surface area contributed by atoms with E-state index in [1.165, 1.54) is 13.8 Å². The van der Waals surface area contributed by atoms with E-state index in [4.69, 9.17) is 28.4 Å². The maximum Gasteiger partial charge on any atom is 0.303 e. The lowest BCUT2D eigenvalue weighted by Crippen LogP contribution is -2.55. The highest BCUT2D eigenvalue weighted by atomic mass is 79.9. The van der Waals surface area contributed by atoms with E-state index in [9.17, 15) is 19.2 Å². The number of halogens is 1. The molecule has 0 aliphatic carbocycles. The molecule has 0 radical (unpaired) electrons. The molecule has 10 nitrogen and oxygen atoms in total. The van der Waals surface area contributed by atoms with E-state index < -0.39 is 55.1 Å². The van der Waals surface area contributed by atoms with E-state index in [0.717, 1.165) is 25.6 Å². The third-order valence-electron chi connectivity index (χ3n) is 3.84. The molecule has 3 atom stereocenters. The summed E-state index contributed by atoms with van der Waals surface area (Å²) in [6, 6.07) is 0. The number of carbonyl (C=O) groups excluding carboxylic acids is 4. The minimum atomic E-state index is -1.32. The van der Waals surface area contributed by atoms with Crippen molar-refractivity contribution in [1.29, 1.82) is 0 Å². The van der Waals surface area contributed by atoms with E-state index in [-0.39, 0.29) is 5.92 Å². The van der Waals surface area contributed by atoms with Gasteiger partial charge in [0.1, 0.15) is 6.61 Å². The van der Waals surface area contributed by atoms with E-state index >= 15 is 0 Å². The van der Waals surface area contributed by atoms with Crippen LogP contribution in [-0.2, 0) is 47.6 Å². The van der Waals surface area contributed by atoms with Crippen molar-refractivity contribution < 1.29 is 47.6 Å². The van der Waals surface area contributed by atoms with Gasteiger partial charge in [0, 0.05) is 38.9 Å². The predicted molar refractivity (Wildman–Crippen MR) is 101 cm³/mol. The van der Waals surface area contributed by atoms with Crippen LogP contribution < -0.4 is 0 Å². The molecule has 1 rings (SSSR count). The van der Waals surface area contributed by atoms with Crippen LogP contribution >= 0.6 is 15.9 Å². The number of hydrogen-bond acceptors (Lipinski definition) is 10. The molecule has 166 valence electrons. The molecule has 0 amide bonds. The van der Waals surface area contributed by atoms with Crippen molar-refractivity contribution in [3.63, 3.8) is 0 Å². The fraction of sp³-hybridized carbons (Fsp3) is 0.778. The van der Waals surface area contributed by atoms with Crippen molar-refractivity contribution in [1.82, 2.24) is 0 Å². The van der Waals surface area contributed by atoms with Crippen LogP contribution in [0, 0.1) is 5.92 Å². The SMILES string of the molecule is CC(=O)OC[C@@H](OC(C)=O)[C@@H](OC(C)=O)[C@@H](OC(C)=O)C1OCC(CCBr)CO1. The molecule has 1 aliphatic rings. The average Bonchev–Trinajstić information content (AvgIpc) is 2.62. The van der Waals surface area contributed by atoms with Gasteiger partial charge in [-0.1, -0.05) is 15.9 Å². The summed E-state index contributed by atoms with van der Waals surface area (Å²) in [6.45, 7) is 4.89. The summed E-state index contributed by atoms with van der Waals surface area (Å²) in [5.41, 5.74) is 0. The Hall–Kier alpha value is -1.72. The van der Waals surface area contributed by atoms with Crippen LogP contribution in [-0.4, -0.2) is 73.6 Å². The number of ether oxygens (including phenoxy) is 6. The first kappa shape index (κ1) is 25.3. The van der Waals surface area contributed by atoms with Gasteiger partial charge in [-0.05, 0) is 6.42 Å². The predicted octanol–water partition coefficient (Wildman–Crippen LogP) is 1.12. The third-order valence-corrected chi connectivity index (χ3v) is 4.30. The largest absolute Gasteiger partial charge is 0.462 e. The fourth-order valence-corrected chi connectivity index (χ4v) is 3.34. The molecule has 0 N–H and O–H groups in total. The standard InChI is InChI=1S/C18H27BrO10/c1-10(20)24-9-15(27-11(2)21)16(28-12(3)22)17(29-13(4)23)18-25-7-14(5-6-19)8-26-18/h14-18H,5-9H2,1-4H3/t14?,15-,16-,17-,18?/m1/s1. The van der Waals surface area contributed by atoms with Crippen LogP contribution in [0.3, 0.4) is 0 Å². The lowest BCUT2D eigenvalue weighted by Gasteiger charge is -2.38. The molecule has 1 fully saturated rings. The summed E-state index contributed by atoms with van der Waals surface area (Å²) in [5, 5.41) is 0.773. The number of esters is 4. The van der Waals surface area contributed by atoms with Gasteiger partial charge in [-0.2, -0.15) is 0 Å². The molecule has 1 saturated heterocycles. The Morgan fingerprint density at radius 3 is 1.90 bits per heavy atom. The summed E-state index contributed by atoms with van der Waals surface area (Å²) in [4.78, 5) is 46.2. The van der Waals surface area contributed by atoms with Crippen LogP contribution in [0.2, 0.25) is 0 Å². The molecule has 29 heavy (non-hydrogen) atoms. The van der Waals surface area contributed by atoms with Crippen molar-refractivity contribution >= 4 is 39.8 Å². The first-order chi connectivity index (χ1) is 13.6. The van der Waals surface area contributed by atoms with Gasteiger partial charge in [-0.3, -0.25) is 19.2 Å². The molecule has 0 aromatic heterocycles. The molecule has 1 aliphatic heterocycles. The number of rotatable bonds is 10. The van der Waals surface area contributed by atoms with Crippen LogP contribution in [0.4, 0.5) is 0 Å². The average molecular weight is 483 g/mol. The summed E-state index contributed by atoms with van der Waals surface area (Å²) in [7, 11) is 0. The van der Waals surface area contributed by atoms with Crippen molar-refractivity contribution in [3.05, 3.63) is 0 Å². The first-order valence-corrected chi connectivity index (χ1v) is 10.2. The Balaban J connectivity index is 3.11. The molecule has 0 aromatic rings. The zero-order valence-electron chi connectivity index (χ0n) is 16.9. The van der Waals surface area contributed by atoms with Crippen molar-refractivity contribution in [3.8, 4) is 0 Å². The molecule has 0 saturated carbocycles. The number of carbonyl (C=O) groups is 4. The van der Waals surface area contributed by atoms with Crippen LogP contribution in [0.25, 0.3) is 0 Å². The summed E-state index contributed by atoms with van der Waals surface area (Å²) in [5.74, 6) is -2.60. The maximum absolute atomic E-state index is 11.7. The highest BCUT2D eigenvalue weighted by Gasteiger charge is 2.44. The van der Waals surface area contributed by atoms with Crippen molar-refractivity contribution in [2.45, 2.75) is 58.7 Å². The Bertz CT molecular complexity index is 573. The van der Waals surface area contributed by atoms with Crippen molar-refractivity contribution in [2.75, 3.05) is 25.2 Å². The third kappa shape index (κ3) is 9.55. The zero-order valence-corrected chi connectivity index (χ0v) is 18.5. The van der Waals surface area contributed by atoms with Gasteiger partial charge in [0.15, 0.2) is 24.6 Å². The van der Waals surface area contributed by atoms with Crippen LogP contribution in [0.15, 0.2) is 0 Å². The Morgan fingerprint density at radius 2 is 1.45 bits per heavy atom. The van der Waals surface area contributed by atoms with Crippen LogP contribution in [0.1, 0.15) is 34.1 Å². The molecule has 1 heterocycles. The first-order valence-electron chi connectivity index (χ1n) is 9.08. The van der Waals surface area contributed by atoms with Gasteiger partial charge in [-0.15, -0.1) is 0 Å². The molecule has 11 heteroatoms. The molecule has 0 spiro atoms. The Kier molecular flexibility index (Phi) is 11.1. The highest BCUT2D eigenvalue weighted by Crippen LogP contribution is 2.25. The smallest absolute Gasteiger partial charge is 0.303 e. The van der Waals surface area contributed by atoms with E-state index in [0.29, 0.717) is 13.2 Å². The van der Waals surface area contributed by atoms with Gasteiger partial charge < -0.3 is 28.4 Å². The minimum Gasteiger partial charge on any atom is -0.462 e.